The molecule has 0 spiro atoms. The highest BCUT2D eigenvalue weighted by Gasteiger charge is 2.35. The molecule has 4 aromatic rings. The average molecular weight is 586 g/mol. The summed E-state index contributed by atoms with van der Waals surface area (Å²) in [6, 6.07) is 27.1. The van der Waals surface area contributed by atoms with Crippen molar-refractivity contribution < 1.29 is 22.8 Å². The van der Waals surface area contributed by atoms with Gasteiger partial charge < -0.3 is 10.2 Å². The van der Waals surface area contributed by atoms with Crippen molar-refractivity contribution >= 4 is 44.2 Å². The van der Waals surface area contributed by atoms with E-state index < -0.39 is 27.8 Å². The summed E-state index contributed by atoms with van der Waals surface area (Å²) in [5.74, 6) is -2.93. The minimum absolute atomic E-state index is 0.0270. The quantitative estimate of drug-likeness (QED) is 0.242. The molecule has 4 aromatic carbocycles. The van der Waals surface area contributed by atoms with Crippen LogP contribution in [0.25, 0.3) is 10.8 Å². The van der Waals surface area contributed by atoms with Crippen LogP contribution in [0.15, 0.2) is 102 Å². The van der Waals surface area contributed by atoms with Gasteiger partial charge in [0.15, 0.2) is 0 Å². The summed E-state index contributed by atoms with van der Waals surface area (Å²) in [5.41, 5.74) is 1.69. The van der Waals surface area contributed by atoms with E-state index in [2.05, 4.69) is 10.0 Å². The Morgan fingerprint density at radius 2 is 1.33 bits per heavy atom. The molecule has 0 radical (unpaired) electrons. The van der Waals surface area contributed by atoms with Gasteiger partial charge in [-0.05, 0) is 86.8 Å². The first-order valence-electron chi connectivity index (χ1n) is 13.8. The summed E-state index contributed by atoms with van der Waals surface area (Å²) in [4.78, 5) is 41.3. The van der Waals surface area contributed by atoms with Gasteiger partial charge in [-0.3, -0.25) is 14.4 Å². The monoisotopic (exact) mass is 585 g/mol. The van der Waals surface area contributed by atoms with Crippen molar-refractivity contribution in [1.29, 1.82) is 0 Å². The van der Waals surface area contributed by atoms with Gasteiger partial charge in [0.2, 0.25) is 11.8 Å². The summed E-state index contributed by atoms with van der Waals surface area (Å²) in [6.45, 7) is 7.40. The number of fused-ring (bicyclic) bond motifs is 1. The molecule has 0 aliphatic heterocycles. The fourth-order valence-electron chi connectivity index (χ4n) is 4.93. The van der Waals surface area contributed by atoms with Crippen molar-refractivity contribution in [3.8, 4) is 0 Å². The first kappa shape index (κ1) is 30.5. The van der Waals surface area contributed by atoms with Gasteiger partial charge in [0, 0.05) is 23.3 Å². The first-order valence-corrected chi connectivity index (χ1v) is 15.3. The minimum atomic E-state index is -4.25. The third-order valence-corrected chi connectivity index (χ3v) is 8.28. The second kappa shape index (κ2) is 13.0. The Balaban J connectivity index is 1.58. The Hall–Kier alpha value is -4.50. The number of nitrogens with one attached hydrogen (secondary N) is 2. The lowest BCUT2D eigenvalue weighted by atomic mass is 9.95. The third kappa shape index (κ3) is 7.22. The van der Waals surface area contributed by atoms with Crippen molar-refractivity contribution in [2.24, 2.45) is 5.92 Å². The van der Waals surface area contributed by atoms with E-state index in [0.29, 0.717) is 22.2 Å². The van der Waals surface area contributed by atoms with Crippen molar-refractivity contribution in [2.75, 3.05) is 5.32 Å². The molecule has 42 heavy (non-hydrogen) atoms. The zero-order valence-electron chi connectivity index (χ0n) is 24.1. The van der Waals surface area contributed by atoms with Gasteiger partial charge in [0.05, 0.1) is 4.90 Å². The number of hydrogen-bond donors (Lipinski definition) is 2. The van der Waals surface area contributed by atoms with E-state index in [9.17, 15) is 22.8 Å². The van der Waals surface area contributed by atoms with Gasteiger partial charge >= 0.3 is 0 Å². The van der Waals surface area contributed by atoms with Crippen LogP contribution < -0.4 is 10.0 Å². The molecule has 9 heteroatoms. The van der Waals surface area contributed by atoms with Crippen molar-refractivity contribution in [2.45, 2.75) is 51.1 Å². The lowest BCUT2D eigenvalue weighted by Gasteiger charge is -2.33. The van der Waals surface area contributed by atoms with Gasteiger partial charge in [-0.15, -0.1) is 0 Å². The predicted octanol–water partition coefficient (Wildman–Crippen LogP) is 5.40. The molecule has 0 fully saturated rings. The fraction of sp³-hybridized carbons (Fsp3) is 0.242. The SMILES string of the molecule is CC(C)N(C(=O)C(Cc1ccc(NC(=O)c2ccccc2)cc1)C(=O)NS(=O)(=O)c1ccc2ccccc2c1)C(C)C. The topological polar surface area (TPSA) is 113 Å². The van der Waals surface area contributed by atoms with E-state index in [0.717, 1.165) is 5.39 Å². The molecule has 0 aromatic heterocycles. The average Bonchev–Trinajstić information content (AvgIpc) is 2.96. The van der Waals surface area contributed by atoms with Crippen molar-refractivity contribution in [3.05, 3.63) is 108 Å². The second-order valence-corrected chi connectivity index (χ2v) is 12.4. The number of hydrogen-bond acceptors (Lipinski definition) is 5. The molecule has 0 saturated carbocycles. The van der Waals surface area contributed by atoms with Crippen LogP contribution in [0.5, 0.6) is 0 Å². The normalized spacial score (nSPS) is 12.2. The van der Waals surface area contributed by atoms with Crippen LogP contribution in [0.2, 0.25) is 0 Å². The molecule has 3 amide bonds. The molecule has 0 aliphatic carbocycles. The standard InChI is InChI=1S/C33H35N3O5S/c1-22(2)36(23(3)4)33(39)30(20-24-14-17-28(18-15-24)34-31(37)26-11-6-5-7-12-26)32(38)35-42(40,41)29-19-16-25-10-8-9-13-27(25)21-29/h5-19,21-23,30H,20H2,1-4H3,(H,34,37)(H,35,38). The maximum Gasteiger partial charge on any atom is 0.264 e. The molecule has 0 heterocycles. The number of anilines is 1. The van der Waals surface area contributed by atoms with E-state index in [1.165, 1.54) is 12.1 Å². The van der Waals surface area contributed by atoms with Crippen LogP contribution in [-0.4, -0.2) is 43.1 Å². The molecule has 4 rings (SSSR count). The summed E-state index contributed by atoms with van der Waals surface area (Å²) in [7, 11) is -4.25. The van der Waals surface area contributed by atoms with Crippen LogP contribution in [-0.2, 0) is 26.0 Å². The highest BCUT2D eigenvalue weighted by Crippen LogP contribution is 2.22. The number of carbonyl (C=O) groups is 3. The lowest BCUT2D eigenvalue weighted by Crippen LogP contribution is -2.50. The summed E-state index contributed by atoms with van der Waals surface area (Å²) >= 11 is 0. The Morgan fingerprint density at radius 1 is 0.738 bits per heavy atom. The highest BCUT2D eigenvalue weighted by atomic mass is 32.2. The predicted molar refractivity (Wildman–Crippen MR) is 164 cm³/mol. The zero-order valence-corrected chi connectivity index (χ0v) is 24.9. The molecule has 0 aliphatic rings. The molecule has 1 unspecified atom stereocenters. The smallest absolute Gasteiger partial charge is 0.264 e. The van der Waals surface area contributed by atoms with Crippen LogP contribution in [0.4, 0.5) is 5.69 Å². The molecule has 0 saturated heterocycles. The lowest BCUT2D eigenvalue weighted by molar-refractivity contribution is -0.144. The van der Waals surface area contributed by atoms with Gasteiger partial charge in [-0.1, -0.05) is 60.7 Å². The molecule has 0 bridgehead atoms. The number of carbonyl (C=O) groups excluding carboxylic acids is 3. The first-order chi connectivity index (χ1) is 20.0. The molecule has 218 valence electrons. The number of amides is 3. The van der Waals surface area contributed by atoms with Crippen molar-refractivity contribution in [3.63, 3.8) is 0 Å². The number of sulfonamides is 1. The molecular formula is C33H35N3O5S. The van der Waals surface area contributed by atoms with Crippen molar-refractivity contribution in [1.82, 2.24) is 9.62 Å². The number of rotatable bonds is 10. The van der Waals surface area contributed by atoms with Crippen LogP contribution >= 0.6 is 0 Å². The minimum Gasteiger partial charge on any atom is -0.337 e. The largest absolute Gasteiger partial charge is 0.337 e. The Labute approximate surface area is 246 Å². The van der Waals surface area contributed by atoms with E-state index in [1.54, 1.807) is 71.6 Å². The summed E-state index contributed by atoms with van der Waals surface area (Å²) < 4.78 is 28.7. The van der Waals surface area contributed by atoms with E-state index >= 15 is 0 Å². The highest BCUT2D eigenvalue weighted by molar-refractivity contribution is 7.90. The number of benzene rings is 4. The van der Waals surface area contributed by atoms with Gasteiger partial charge in [0.1, 0.15) is 5.92 Å². The van der Waals surface area contributed by atoms with E-state index in [1.807, 2.05) is 45.9 Å². The van der Waals surface area contributed by atoms with Gasteiger partial charge in [-0.25, -0.2) is 13.1 Å². The van der Waals surface area contributed by atoms with Crippen LogP contribution in [0.1, 0.15) is 43.6 Å². The molecule has 2 N–H and O–H groups in total. The van der Waals surface area contributed by atoms with E-state index in [-0.39, 0.29) is 29.3 Å². The summed E-state index contributed by atoms with van der Waals surface area (Å²) in [5, 5.41) is 4.40. The van der Waals surface area contributed by atoms with Crippen LogP contribution in [0.3, 0.4) is 0 Å². The Kier molecular flexibility index (Phi) is 9.42. The second-order valence-electron chi connectivity index (χ2n) is 10.7. The van der Waals surface area contributed by atoms with Gasteiger partial charge in [-0.2, -0.15) is 0 Å². The third-order valence-electron chi connectivity index (χ3n) is 6.94. The molecule has 1 atom stereocenters. The zero-order chi connectivity index (χ0) is 30.4. The fourth-order valence-corrected chi connectivity index (χ4v) is 5.98. The Morgan fingerprint density at radius 3 is 1.95 bits per heavy atom. The maximum absolute atomic E-state index is 13.8. The summed E-state index contributed by atoms with van der Waals surface area (Å²) in [6.07, 6.45) is -0.0270. The van der Waals surface area contributed by atoms with Crippen LogP contribution in [0, 0.1) is 5.92 Å². The number of nitrogens with zero attached hydrogens (tertiary/aromatic N) is 1. The van der Waals surface area contributed by atoms with Gasteiger partial charge in [0.25, 0.3) is 15.9 Å². The van der Waals surface area contributed by atoms with E-state index in [4.69, 9.17) is 0 Å². The molecular weight excluding hydrogens is 550 g/mol. The maximum atomic E-state index is 13.8. The molecule has 8 nitrogen and oxygen atoms in total. The Bertz CT molecular complexity index is 1680.